The van der Waals surface area contributed by atoms with Gasteiger partial charge in [-0.3, -0.25) is 0 Å². The van der Waals surface area contributed by atoms with E-state index < -0.39 is 0 Å². The van der Waals surface area contributed by atoms with Crippen LogP contribution in [0.1, 0.15) is 23.6 Å². The van der Waals surface area contributed by atoms with Gasteiger partial charge < -0.3 is 4.90 Å². The zero-order valence-electron chi connectivity index (χ0n) is 11.1. The molecular formula is C17H15FN2. The maximum Gasteiger partial charge on any atom is 0.125 e. The Kier molecular flexibility index (Phi) is 3.39. The van der Waals surface area contributed by atoms with Crippen LogP contribution in [0.5, 0.6) is 0 Å². The van der Waals surface area contributed by atoms with Gasteiger partial charge in [0.05, 0.1) is 18.5 Å². The summed E-state index contributed by atoms with van der Waals surface area (Å²) < 4.78 is 13.5. The molecule has 1 unspecified atom stereocenters. The highest BCUT2D eigenvalue weighted by atomic mass is 19.1. The normalized spacial score (nSPS) is 14.7. The lowest BCUT2D eigenvalue weighted by Gasteiger charge is -2.29. The zero-order valence-corrected chi connectivity index (χ0v) is 11.1. The third-order valence-corrected chi connectivity index (χ3v) is 3.82. The van der Waals surface area contributed by atoms with Crippen LogP contribution >= 0.6 is 0 Å². The van der Waals surface area contributed by atoms with E-state index in [0.717, 1.165) is 29.8 Å². The van der Waals surface area contributed by atoms with Crippen molar-refractivity contribution in [3.05, 3.63) is 65.5 Å². The number of nitriles is 1. The predicted octanol–water partition coefficient (Wildman–Crippen LogP) is 3.84. The molecule has 0 saturated carbocycles. The molecule has 0 radical (unpaired) electrons. The maximum atomic E-state index is 13.5. The summed E-state index contributed by atoms with van der Waals surface area (Å²) in [6.45, 7) is 0.833. The minimum absolute atomic E-state index is 0.00995. The van der Waals surface area contributed by atoms with Crippen molar-refractivity contribution in [2.24, 2.45) is 0 Å². The minimum Gasteiger partial charge on any atom is -0.363 e. The van der Waals surface area contributed by atoms with Crippen molar-refractivity contribution in [1.29, 1.82) is 5.26 Å². The highest BCUT2D eigenvalue weighted by molar-refractivity contribution is 5.59. The van der Waals surface area contributed by atoms with Gasteiger partial charge in [0, 0.05) is 12.2 Å². The van der Waals surface area contributed by atoms with E-state index in [1.807, 2.05) is 36.4 Å². The van der Waals surface area contributed by atoms with Crippen molar-refractivity contribution in [1.82, 2.24) is 0 Å². The predicted molar refractivity (Wildman–Crippen MR) is 76.9 cm³/mol. The Hall–Kier alpha value is -2.34. The second kappa shape index (κ2) is 5.34. The number of fused-ring (bicyclic) bond motifs is 1. The lowest BCUT2D eigenvalue weighted by Crippen LogP contribution is -2.26. The van der Waals surface area contributed by atoms with E-state index in [9.17, 15) is 4.39 Å². The number of anilines is 1. The topological polar surface area (TPSA) is 27.0 Å². The van der Waals surface area contributed by atoms with Crippen LogP contribution in [-0.4, -0.2) is 6.54 Å². The first-order valence-electron chi connectivity index (χ1n) is 6.76. The fraction of sp³-hybridized carbons (Fsp3) is 0.235. The monoisotopic (exact) mass is 266 g/mol. The molecule has 0 amide bonds. The second-order valence-corrected chi connectivity index (χ2v) is 5.01. The van der Waals surface area contributed by atoms with Crippen molar-refractivity contribution in [2.45, 2.75) is 18.9 Å². The third kappa shape index (κ3) is 2.25. The van der Waals surface area contributed by atoms with Gasteiger partial charge in [0.15, 0.2) is 0 Å². The van der Waals surface area contributed by atoms with Crippen molar-refractivity contribution in [3.63, 3.8) is 0 Å². The van der Waals surface area contributed by atoms with Crippen molar-refractivity contribution >= 4 is 5.69 Å². The third-order valence-electron chi connectivity index (χ3n) is 3.82. The summed E-state index contributed by atoms with van der Waals surface area (Å²) in [5.41, 5.74) is 3.19. The Morgan fingerprint density at radius 2 is 2.00 bits per heavy atom. The van der Waals surface area contributed by atoms with Crippen LogP contribution in [0.4, 0.5) is 10.1 Å². The Labute approximate surface area is 118 Å². The van der Waals surface area contributed by atoms with E-state index in [-0.39, 0.29) is 11.9 Å². The van der Waals surface area contributed by atoms with Crippen LogP contribution in [0.15, 0.2) is 48.5 Å². The molecule has 100 valence electrons. The van der Waals surface area contributed by atoms with Crippen molar-refractivity contribution in [3.8, 4) is 6.07 Å². The molecule has 0 fully saturated rings. The molecule has 0 aliphatic carbocycles. The molecule has 1 aliphatic heterocycles. The first-order valence-corrected chi connectivity index (χ1v) is 6.76. The minimum atomic E-state index is -0.223. The van der Waals surface area contributed by atoms with E-state index in [2.05, 4.69) is 11.0 Å². The highest BCUT2D eigenvalue weighted by Crippen LogP contribution is 2.36. The number of nitrogens with zero attached hydrogens (tertiary/aromatic N) is 2. The van der Waals surface area contributed by atoms with E-state index in [1.165, 1.54) is 6.07 Å². The number of halogens is 1. The highest BCUT2D eigenvalue weighted by Gasteiger charge is 2.27. The first kappa shape index (κ1) is 12.7. The van der Waals surface area contributed by atoms with Crippen LogP contribution in [0.3, 0.4) is 0 Å². The van der Waals surface area contributed by atoms with Crippen LogP contribution in [-0.2, 0) is 6.42 Å². The smallest absolute Gasteiger partial charge is 0.125 e. The van der Waals surface area contributed by atoms with Gasteiger partial charge in [-0.1, -0.05) is 36.4 Å². The van der Waals surface area contributed by atoms with Crippen LogP contribution < -0.4 is 4.90 Å². The summed E-state index contributed by atoms with van der Waals surface area (Å²) in [5.74, 6) is -0.223. The number of hydrogen-bond acceptors (Lipinski definition) is 2. The van der Waals surface area contributed by atoms with Crippen LogP contribution in [0, 0.1) is 17.1 Å². The molecule has 0 spiro atoms. The summed E-state index contributed by atoms with van der Waals surface area (Å²) in [4.78, 5) is 2.15. The fourth-order valence-electron chi connectivity index (χ4n) is 2.87. The van der Waals surface area contributed by atoms with Crippen LogP contribution in [0.2, 0.25) is 0 Å². The molecule has 3 heteroatoms. The SMILES string of the molecule is N#CCC(c1ccccc1)N1CCc2ccc(F)cc21. The van der Waals surface area contributed by atoms with Crippen molar-refractivity contribution in [2.75, 3.05) is 11.4 Å². The van der Waals surface area contributed by atoms with Gasteiger partial charge >= 0.3 is 0 Å². The Bertz CT molecular complexity index is 646. The largest absolute Gasteiger partial charge is 0.363 e. The van der Waals surface area contributed by atoms with Gasteiger partial charge in [0.25, 0.3) is 0 Å². The van der Waals surface area contributed by atoms with Gasteiger partial charge in [-0.2, -0.15) is 5.26 Å². The summed E-state index contributed by atoms with van der Waals surface area (Å²) >= 11 is 0. The standard InChI is InChI=1S/C17H15FN2/c18-15-7-6-14-9-11-20(17(14)12-15)16(8-10-19)13-4-2-1-3-5-13/h1-7,12,16H,8-9,11H2. The number of hydrogen-bond donors (Lipinski definition) is 0. The molecule has 1 atom stereocenters. The van der Waals surface area contributed by atoms with Crippen molar-refractivity contribution < 1.29 is 4.39 Å². The lowest BCUT2D eigenvalue weighted by atomic mass is 10.0. The van der Waals surface area contributed by atoms with E-state index in [4.69, 9.17) is 5.26 Å². The fourth-order valence-corrected chi connectivity index (χ4v) is 2.87. The number of benzene rings is 2. The molecule has 2 aromatic carbocycles. The maximum absolute atomic E-state index is 13.5. The molecule has 1 heterocycles. The summed E-state index contributed by atoms with van der Waals surface area (Å²) in [6, 6.07) is 17.1. The molecule has 1 aliphatic rings. The summed E-state index contributed by atoms with van der Waals surface area (Å²) in [7, 11) is 0. The van der Waals surface area contributed by atoms with E-state index in [1.54, 1.807) is 6.07 Å². The quantitative estimate of drug-likeness (QED) is 0.844. The molecule has 2 aromatic rings. The molecule has 3 rings (SSSR count). The molecule has 0 saturated heterocycles. The van der Waals surface area contributed by atoms with Crippen LogP contribution in [0.25, 0.3) is 0 Å². The second-order valence-electron chi connectivity index (χ2n) is 5.01. The van der Waals surface area contributed by atoms with Gasteiger partial charge in [0.1, 0.15) is 5.82 Å². The lowest BCUT2D eigenvalue weighted by molar-refractivity contribution is 0.622. The number of rotatable bonds is 3. The molecule has 0 N–H and O–H groups in total. The molecular weight excluding hydrogens is 251 g/mol. The molecule has 0 bridgehead atoms. The molecule has 20 heavy (non-hydrogen) atoms. The summed E-state index contributed by atoms with van der Waals surface area (Å²) in [6.07, 6.45) is 1.31. The van der Waals surface area contributed by atoms with Gasteiger partial charge in [-0.25, -0.2) is 4.39 Å². The van der Waals surface area contributed by atoms with Gasteiger partial charge in [-0.15, -0.1) is 0 Å². The van der Waals surface area contributed by atoms with Gasteiger partial charge in [-0.05, 0) is 29.7 Å². The summed E-state index contributed by atoms with van der Waals surface area (Å²) in [5, 5.41) is 9.11. The zero-order chi connectivity index (χ0) is 13.9. The Balaban J connectivity index is 1.99. The Morgan fingerprint density at radius 1 is 1.20 bits per heavy atom. The van der Waals surface area contributed by atoms with Gasteiger partial charge in [0.2, 0.25) is 0 Å². The Morgan fingerprint density at radius 3 is 2.75 bits per heavy atom. The van der Waals surface area contributed by atoms with E-state index >= 15 is 0 Å². The first-order chi connectivity index (χ1) is 9.79. The molecule has 0 aromatic heterocycles. The molecule has 2 nitrogen and oxygen atoms in total. The average Bonchev–Trinajstić information content (AvgIpc) is 2.88. The average molecular weight is 266 g/mol. The van der Waals surface area contributed by atoms with E-state index in [0.29, 0.717) is 6.42 Å².